The first kappa shape index (κ1) is 6.65. The van der Waals surface area contributed by atoms with Gasteiger partial charge >= 0.3 is 0 Å². The van der Waals surface area contributed by atoms with Crippen LogP contribution < -0.4 is 0 Å². The van der Waals surface area contributed by atoms with E-state index in [9.17, 15) is 0 Å². The van der Waals surface area contributed by atoms with Crippen molar-refractivity contribution in [2.75, 3.05) is 7.05 Å². The Hall–Kier alpha value is -1.05. The second-order valence-corrected chi connectivity index (χ2v) is 3.16. The predicted octanol–water partition coefficient (Wildman–Crippen LogP) is 1.42. The predicted molar refractivity (Wildman–Crippen MR) is 46.4 cm³/mol. The summed E-state index contributed by atoms with van der Waals surface area (Å²) in [5.74, 6) is 0.505. The summed E-state index contributed by atoms with van der Waals surface area (Å²) in [7, 11) is 2.03. The van der Waals surface area contributed by atoms with E-state index in [1.807, 2.05) is 18.3 Å². The fourth-order valence-corrected chi connectivity index (χ4v) is 1.77. The van der Waals surface area contributed by atoms with E-state index in [-0.39, 0.29) is 0 Å². The van der Waals surface area contributed by atoms with Gasteiger partial charge in [0.25, 0.3) is 0 Å². The normalized spacial score (nSPS) is 34.0. The summed E-state index contributed by atoms with van der Waals surface area (Å²) in [5.41, 5.74) is 1.40. The number of hydrogen-bond acceptors (Lipinski definition) is 2. The van der Waals surface area contributed by atoms with Crippen LogP contribution in [0.25, 0.3) is 0 Å². The van der Waals surface area contributed by atoms with Crippen molar-refractivity contribution in [1.29, 1.82) is 0 Å². The van der Waals surface area contributed by atoms with Gasteiger partial charge < -0.3 is 0 Å². The zero-order chi connectivity index (χ0) is 7.84. The molecule has 1 heterocycles. The minimum Gasteiger partial charge on any atom is -0.292 e. The average molecular weight is 148 g/mol. The van der Waals surface area contributed by atoms with E-state index >= 15 is 0 Å². The number of hydrogen-bond donors (Lipinski definition) is 0. The highest BCUT2D eigenvalue weighted by Gasteiger charge is 2.28. The Kier molecular flexibility index (Phi) is 1.34. The number of allylic oxidation sites excluding steroid dienone is 2. The summed E-state index contributed by atoms with van der Waals surface area (Å²) in [6, 6.07) is 0.486. The smallest absolute Gasteiger partial charge is 0.0790 e. The Morgan fingerprint density at radius 2 is 2.36 bits per heavy atom. The lowest BCUT2D eigenvalue weighted by atomic mass is 9.91. The van der Waals surface area contributed by atoms with Gasteiger partial charge in [-0.2, -0.15) is 5.10 Å². The maximum Gasteiger partial charge on any atom is 0.0790 e. The molecule has 2 unspecified atom stereocenters. The molecule has 0 fully saturated rings. The molecule has 2 atom stereocenters. The number of fused-ring (bicyclic) bond motifs is 1. The van der Waals surface area contributed by atoms with Crippen molar-refractivity contribution in [2.24, 2.45) is 11.0 Å². The largest absolute Gasteiger partial charge is 0.292 e. The van der Waals surface area contributed by atoms with Crippen molar-refractivity contribution in [1.82, 2.24) is 5.01 Å². The molecule has 2 aliphatic rings. The molecule has 0 saturated heterocycles. The van der Waals surface area contributed by atoms with E-state index < -0.39 is 0 Å². The molecule has 0 aromatic carbocycles. The molecule has 1 aliphatic carbocycles. The van der Waals surface area contributed by atoms with E-state index in [0.29, 0.717) is 12.0 Å². The molecule has 0 saturated carbocycles. The fourth-order valence-electron chi connectivity index (χ4n) is 1.77. The minimum absolute atomic E-state index is 0.486. The molecule has 0 N–H and O–H groups in total. The van der Waals surface area contributed by atoms with Crippen LogP contribution in [0.2, 0.25) is 0 Å². The van der Waals surface area contributed by atoms with Crippen LogP contribution in [0.4, 0.5) is 0 Å². The Balaban J connectivity index is 2.31. The molecule has 2 rings (SSSR count). The van der Waals surface area contributed by atoms with Crippen molar-refractivity contribution in [3.05, 3.63) is 23.8 Å². The van der Waals surface area contributed by atoms with Gasteiger partial charge in [-0.25, -0.2) is 0 Å². The summed E-state index contributed by atoms with van der Waals surface area (Å²) in [5, 5.41) is 6.28. The third-order valence-electron chi connectivity index (χ3n) is 2.35. The van der Waals surface area contributed by atoms with Gasteiger partial charge in [-0.1, -0.05) is 18.2 Å². The molecule has 1 aliphatic heterocycles. The third-order valence-corrected chi connectivity index (χ3v) is 2.35. The topological polar surface area (TPSA) is 15.6 Å². The minimum atomic E-state index is 0.486. The Bertz CT molecular complexity index is 250. The first-order chi connectivity index (χ1) is 5.29. The van der Waals surface area contributed by atoms with Gasteiger partial charge in [0.2, 0.25) is 0 Å². The van der Waals surface area contributed by atoms with Gasteiger partial charge in [0.1, 0.15) is 0 Å². The summed E-state index contributed by atoms with van der Waals surface area (Å²) in [6.07, 6.45) is 8.48. The summed E-state index contributed by atoms with van der Waals surface area (Å²) < 4.78 is 0. The molecule has 0 aromatic heterocycles. The van der Waals surface area contributed by atoms with Crippen LogP contribution in [0.5, 0.6) is 0 Å². The van der Waals surface area contributed by atoms with Crippen molar-refractivity contribution in [3.63, 3.8) is 0 Å². The SMILES string of the molecule is CC1=CC=CC2C=NN(C)C12. The van der Waals surface area contributed by atoms with Gasteiger partial charge in [-0.05, 0) is 12.5 Å². The lowest BCUT2D eigenvalue weighted by molar-refractivity contribution is 0.294. The first-order valence-electron chi connectivity index (χ1n) is 3.91. The fraction of sp³-hybridized carbons (Fsp3) is 0.444. The van der Waals surface area contributed by atoms with Crippen LogP contribution in [0, 0.1) is 5.92 Å². The Labute approximate surface area is 66.9 Å². The highest BCUT2D eigenvalue weighted by atomic mass is 15.5. The molecule has 0 radical (unpaired) electrons. The highest BCUT2D eigenvalue weighted by molar-refractivity contribution is 5.68. The van der Waals surface area contributed by atoms with E-state index in [0.717, 1.165) is 0 Å². The first-order valence-corrected chi connectivity index (χ1v) is 3.91. The quantitative estimate of drug-likeness (QED) is 0.507. The zero-order valence-corrected chi connectivity index (χ0v) is 6.86. The lowest BCUT2D eigenvalue weighted by Gasteiger charge is -2.25. The van der Waals surface area contributed by atoms with E-state index in [1.54, 1.807) is 0 Å². The monoisotopic (exact) mass is 148 g/mol. The zero-order valence-electron chi connectivity index (χ0n) is 6.86. The van der Waals surface area contributed by atoms with Gasteiger partial charge in [0.05, 0.1) is 6.04 Å². The molecule has 0 aromatic rings. The van der Waals surface area contributed by atoms with Crippen LogP contribution in [0.15, 0.2) is 28.9 Å². The summed E-state index contributed by atoms with van der Waals surface area (Å²) in [4.78, 5) is 0. The molecule has 0 bridgehead atoms. The summed E-state index contributed by atoms with van der Waals surface area (Å²) >= 11 is 0. The van der Waals surface area contributed by atoms with Gasteiger partial charge in [-0.3, -0.25) is 5.01 Å². The maximum absolute atomic E-state index is 4.25. The standard InChI is InChI=1S/C9H12N2/c1-7-4-3-5-8-6-10-11(2)9(7)8/h3-6,8-9H,1-2H3. The number of nitrogens with zero attached hydrogens (tertiary/aromatic N) is 2. The third kappa shape index (κ3) is 0.897. The van der Waals surface area contributed by atoms with Gasteiger partial charge in [-0.15, -0.1) is 0 Å². The van der Waals surface area contributed by atoms with Crippen molar-refractivity contribution >= 4 is 6.21 Å². The van der Waals surface area contributed by atoms with Crippen LogP contribution in [0.3, 0.4) is 0 Å². The Morgan fingerprint density at radius 3 is 3.09 bits per heavy atom. The van der Waals surface area contributed by atoms with Crippen LogP contribution >= 0.6 is 0 Å². The van der Waals surface area contributed by atoms with Gasteiger partial charge in [0.15, 0.2) is 0 Å². The number of likely N-dealkylation sites (N-methyl/N-ethyl adjacent to an activating group) is 1. The van der Waals surface area contributed by atoms with Crippen LogP contribution in [-0.2, 0) is 0 Å². The van der Waals surface area contributed by atoms with Crippen LogP contribution in [-0.4, -0.2) is 24.3 Å². The summed E-state index contributed by atoms with van der Waals surface area (Å²) in [6.45, 7) is 2.16. The van der Waals surface area contributed by atoms with Gasteiger partial charge in [0, 0.05) is 19.2 Å². The molecule has 0 spiro atoms. The van der Waals surface area contributed by atoms with E-state index in [4.69, 9.17) is 0 Å². The van der Waals surface area contributed by atoms with Crippen molar-refractivity contribution in [2.45, 2.75) is 13.0 Å². The van der Waals surface area contributed by atoms with E-state index in [1.165, 1.54) is 5.57 Å². The molecular formula is C9H12N2. The van der Waals surface area contributed by atoms with Crippen molar-refractivity contribution in [3.8, 4) is 0 Å². The molecule has 11 heavy (non-hydrogen) atoms. The maximum atomic E-state index is 4.25. The second kappa shape index (κ2) is 2.22. The molecule has 2 heteroatoms. The van der Waals surface area contributed by atoms with E-state index in [2.05, 4.69) is 30.3 Å². The average Bonchev–Trinajstić information content (AvgIpc) is 2.34. The molecular weight excluding hydrogens is 136 g/mol. The molecule has 2 nitrogen and oxygen atoms in total. The number of hydrazone groups is 1. The number of rotatable bonds is 0. The second-order valence-electron chi connectivity index (χ2n) is 3.16. The van der Waals surface area contributed by atoms with Crippen molar-refractivity contribution < 1.29 is 0 Å². The molecule has 58 valence electrons. The molecule has 0 amide bonds. The van der Waals surface area contributed by atoms with Crippen LogP contribution in [0.1, 0.15) is 6.92 Å². The lowest BCUT2D eigenvalue weighted by Crippen LogP contribution is -2.30. The Morgan fingerprint density at radius 1 is 1.55 bits per heavy atom. The highest BCUT2D eigenvalue weighted by Crippen LogP contribution is 2.26.